The Morgan fingerprint density at radius 1 is 1.14 bits per heavy atom. The fourth-order valence-electron chi connectivity index (χ4n) is 2.37. The van der Waals surface area contributed by atoms with Crippen LogP contribution in [0, 0.1) is 0 Å². The molecule has 1 aromatic carbocycles. The monoisotopic (exact) mass is 391 g/mol. The number of thiophene rings is 1. The van der Waals surface area contributed by atoms with E-state index in [0.29, 0.717) is 5.92 Å². The Morgan fingerprint density at radius 3 is 2.64 bits per heavy atom. The summed E-state index contributed by atoms with van der Waals surface area (Å²) in [6.45, 7) is 0. The molecule has 1 aliphatic carbocycles. The SMILES string of the molecule is Brc1ccc(CSc2nnc(C3CC3)n2-c2ccccc2)s1. The Hall–Kier alpha value is -1.11. The molecule has 4 rings (SSSR count). The van der Waals surface area contributed by atoms with Gasteiger partial charge >= 0.3 is 0 Å². The van der Waals surface area contributed by atoms with Crippen molar-refractivity contribution in [1.29, 1.82) is 0 Å². The van der Waals surface area contributed by atoms with E-state index in [4.69, 9.17) is 0 Å². The van der Waals surface area contributed by atoms with E-state index in [9.17, 15) is 0 Å². The molecule has 2 aromatic heterocycles. The fourth-order valence-corrected chi connectivity index (χ4v) is 4.85. The molecule has 1 saturated carbocycles. The largest absolute Gasteiger partial charge is 0.274 e. The zero-order valence-corrected chi connectivity index (χ0v) is 15.0. The van der Waals surface area contributed by atoms with E-state index in [1.807, 2.05) is 6.07 Å². The summed E-state index contributed by atoms with van der Waals surface area (Å²) in [6.07, 6.45) is 2.46. The van der Waals surface area contributed by atoms with Gasteiger partial charge in [0.15, 0.2) is 5.16 Å². The van der Waals surface area contributed by atoms with Gasteiger partial charge < -0.3 is 0 Å². The number of halogens is 1. The van der Waals surface area contributed by atoms with E-state index in [1.165, 1.54) is 21.5 Å². The first-order chi connectivity index (χ1) is 10.8. The maximum Gasteiger partial charge on any atom is 0.196 e. The van der Waals surface area contributed by atoms with Crippen LogP contribution >= 0.6 is 39.0 Å². The first kappa shape index (κ1) is 14.5. The van der Waals surface area contributed by atoms with Gasteiger partial charge in [-0.3, -0.25) is 4.57 Å². The molecule has 0 saturated heterocycles. The molecule has 0 amide bonds. The maximum atomic E-state index is 4.46. The second kappa shape index (κ2) is 6.18. The standard InChI is InChI=1S/C16H14BrN3S2/c17-14-9-8-13(22-14)10-21-16-19-18-15(11-6-7-11)20(16)12-4-2-1-3-5-12/h1-5,8-9,11H,6-7,10H2. The van der Waals surface area contributed by atoms with Crippen LogP contribution in [0.3, 0.4) is 0 Å². The van der Waals surface area contributed by atoms with Crippen LogP contribution in [0.5, 0.6) is 0 Å². The second-order valence-electron chi connectivity index (χ2n) is 5.28. The number of para-hydroxylation sites is 1. The molecule has 0 bridgehead atoms. The van der Waals surface area contributed by atoms with E-state index in [-0.39, 0.29) is 0 Å². The molecule has 0 aliphatic heterocycles. The van der Waals surface area contributed by atoms with Gasteiger partial charge in [-0.2, -0.15) is 0 Å². The highest BCUT2D eigenvalue weighted by atomic mass is 79.9. The van der Waals surface area contributed by atoms with Gasteiger partial charge in [0.2, 0.25) is 0 Å². The maximum absolute atomic E-state index is 4.46. The molecule has 22 heavy (non-hydrogen) atoms. The summed E-state index contributed by atoms with van der Waals surface area (Å²) in [7, 11) is 0. The van der Waals surface area contributed by atoms with Gasteiger partial charge in [-0.05, 0) is 53.0 Å². The topological polar surface area (TPSA) is 30.7 Å². The van der Waals surface area contributed by atoms with Gasteiger partial charge in [0.1, 0.15) is 5.82 Å². The van der Waals surface area contributed by atoms with Crippen LogP contribution in [0.15, 0.2) is 51.4 Å². The minimum atomic E-state index is 0.581. The molecule has 1 fully saturated rings. The Kier molecular flexibility index (Phi) is 4.07. The van der Waals surface area contributed by atoms with Crippen LogP contribution in [0.1, 0.15) is 29.5 Å². The van der Waals surface area contributed by atoms with Gasteiger partial charge in [-0.1, -0.05) is 30.0 Å². The lowest BCUT2D eigenvalue weighted by atomic mass is 10.3. The molecule has 0 spiro atoms. The van der Waals surface area contributed by atoms with Crippen LogP contribution in [0.25, 0.3) is 5.69 Å². The lowest BCUT2D eigenvalue weighted by Crippen LogP contribution is -2.01. The summed E-state index contributed by atoms with van der Waals surface area (Å²) in [5, 5.41) is 9.89. The first-order valence-electron chi connectivity index (χ1n) is 7.19. The predicted molar refractivity (Wildman–Crippen MR) is 94.9 cm³/mol. The summed E-state index contributed by atoms with van der Waals surface area (Å²) in [6, 6.07) is 14.7. The second-order valence-corrected chi connectivity index (χ2v) is 8.77. The van der Waals surface area contributed by atoms with Crippen LogP contribution in [0.4, 0.5) is 0 Å². The molecule has 3 nitrogen and oxygen atoms in total. The van der Waals surface area contributed by atoms with Crippen molar-refractivity contribution in [2.75, 3.05) is 0 Å². The minimum Gasteiger partial charge on any atom is -0.274 e. The van der Waals surface area contributed by atoms with Crippen molar-refractivity contribution in [2.45, 2.75) is 29.7 Å². The molecule has 2 heterocycles. The number of thioether (sulfide) groups is 1. The quantitative estimate of drug-likeness (QED) is 0.555. The third-order valence-electron chi connectivity index (χ3n) is 3.59. The summed E-state index contributed by atoms with van der Waals surface area (Å²) < 4.78 is 3.40. The summed E-state index contributed by atoms with van der Waals surface area (Å²) in [4.78, 5) is 1.34. The third kappa shape index (κ3) is 3.00. The Labute approximate surface area is 145 Å². The lowest BCUT2D eigenvalue weighted by Gasteiger charge is -2.09. The number of benzene rings is 1. The van der Waals surface area contributed by atoms with Crippen LogP contribution in [0.2, 0.25) is 0 Å². The normalized spacial score (nSPS) is 14.4. The number of rotatable bonds is 5. The summed E-state index contributed by atoms with van der Waals surface area (Å²) in [5.74, 6) is 2.62. The van der Waals surface area contributed by atoms with Crippen molar-refractivity contribution in [3.05, 3.63) is 57.0 Å². The number of hydrogen-bond donors (Lipinski definition) is 0. The highest BCUT2D eigenvalue weighted by Crippen LogP contribution is 2.41. The molecule has 112 valence electrons. The molecule has 1 aliphatic rings. The zero-order valence-electron chi connectivity index (χ0n) is 11.8. The highest BCUT2D eigenvalue weighted by Gasteiger charge is 2.30. The zero-order chi connectivity index (χ0) is 14.9. The van der Waals surface area contributed by atoms with Gasteiger partial charge in [0, 0.05) is 22.2 Å². The first-order valence-corrected chi connectivity index (χ1v) is 9.78. The van der Waals surface area contributed by atoms with Gasteiger partial charge in [0.25, 0.3) is 0 Å². The van der Waals surface area contributed by atoms with Crippen molar-refractivity contribution in [3.63, 3.8) is 0 Å². The lowest BCUT2D eigenvalue weighted by molar-refractivity contribution is 0.829. The van der Waals surface area contributed by atoms with Crippen molar-refractivity contribution in [2.24, 2.45) is 0 Å². The molecule has 6 heteroatoms. The Morgan fingerprint density at radius 2 is 1.95 bits per heavy atom. The van der Waals surface area contributed by atoms with Crippen molar-refractivity contribution in [1.82, 2.24) is 14.8 Å². The summed E-state index contributed by atoms with van der Waals surface area (Å²) >= 11 is 7.04. The average Bonchev–Trinajstić information content (AvgIpc) is 3.17. The number of nitrogens with zero attached hydrogens (tertiary/aromatic N) is 3. The van der Waals surface area contributed by atoms with Gasteiger partial charge in [0.05, 0.1) is 3.79 Å². The van der Waals surface area contributed by atoms with Crippen molar-refractivity contribution < 1.29 is 0 Å². The molecule has 3 aromatic rings. The molecule has 0 N–H and O–H groups in total. The number of aromatic nitrogens is 3. The van der Waals surface area contributed by atoms with E-state index in [0.717, 1.165) is 22.4 Å². The van der Waals surface area contributed by atoms with Gasteiger partial charge in [-0.25, -0.2) is 0 Å². The number of hydrogen-bond acceptors (Lipinski definition) is 4. The molecule has 0 radical (unpaired) electrons. The molecule has 0 unspecified atom stereocenters. The van der Waals surface area contributed by atoms with E-state index in [1.54, 1.807) is 23.1 Å². The Bertz CT molecular complexity index is 778. The smallest absolute Gasteiger partial charge is 0.196 e. The van der Waals surface area contributed by atoms with Crippen molar-refractivity contribution >= 4 is 39.0 Å². The van der Waals surface area contributed by atoms with Crippen molar-refractivity contribution in [3.8, 4) is 5.69 Å². The fraction of sp³-hybridized carbons (Fsp3) is 0.250. The molecule has 0 atom stereocenters. The van der Waals surface area contributed by atoms with Crippen LogP contribution < -0.4 is 0 Å². The average molecular weight is 392 g/mol. The van der Waals surface area contributed by atoms with Crippen LogP contribution in [-0.4, -0.2) is 14.8 Å². The predicted octanol–water partition coefficient (Wildman–Crippen LogP) is 5.26. The van der Waals surface area contributed by atoms with Crippen LogP contribution in [-0.2, 0) is 5.75 Å². The van der Waals surface area contributed by atoms with E-state index in [2.05, 4.69) is 67.1 Å². The van der Waals surface area contributed by atoms with E-state index < -0.39 is 0 Å². The van der Waals surface area contributed by atoms with E-state index >= 15 is 0 Å². The third-order valence-corrected chi connectivity index (χ3v) is 6.37. The van der Waals surface area contributed by atoms with Gasteiger partial charge in [-0.15, -0.1) is 21.5 Å². The molecular formula is C16H14BrN3S2. The molecular weight excluding hydrogens is 378 g/mol. The summed E-state index contributed by atoms with van der Waals surface area (Å²) in [5.41, 5.74) is 1.16. The minimum absolute atomic E-state index is 0.581. The highest BCUT2D eigenvalue weighted by molar-refractivity contribution is 9.11. The Balaban J connectivity index is 1.64.